The van der Waals surface area contributed by atoms with Gasteiger partial charge in [0.2, 0.25) is 0 Å². The van der Waals surface area contributed by atoms with Gasteiger partial charge in [0.25, 0.3) is 0 Å². The molecule has 0 aliphatic rings. The van der Waals surface area contributed by atoms with E-state index in [1.807, 2.05) is 0 Å². The van der Waals surface area contributed by atoms with E-state index < -0.39 is 30.0 Å². The fourth-order valence-electron chi connectivity index (χ4n) is 0.839. The van der Waals surface area contributed by atoms with E-state index in [0.717, 1.165) is 0 Å². The average Bonchev–Trinajstić information content (AvgIpc) is 1.95. The lowest BCUT2D eigenvalue weighted by molar-refractivity contribution is -0.135. The first-order valence-corrected chi connectivity index (χ1v) is 8.80. The molecule has 0 bridgehead atoms. The van der Waals surface area contributed by atoms with E-state index in [0.29, 0.717) is 0 Å². The average molecular weight is 281 g/mol. The molecule has 17 heavy (non-hydrogen) atoms. The molecule has 100 valence electrons. The van der Waals surface area contributed by atoms with Gasteiger partial charge in [0.05, 0.1) is 0 Å². The number of rotatable bonds is 3. The lowest BCUT2D eigenvalue weighted by Gasteiger charge is -2.22. The molecule has 0 heterocycles. The highest BCUT2D eigenvalue weighted by Gasteiger charge is 2.23. The van der Waals surface area contributed by atoms with Crippen LogP contribution in [-0.2, 0) is 25.9 Å². The Morgan fingerprint density at radius 2 is 1.76 bits per heavy atom. The quantitative estimate of drug-likeness (QED) is 0.802. The van der Waals surface area contributed by atoms with Gasteiger partial charge in [-0.2, -0.15) is 0 Å². The Kier molecular flexibility index (Phi) is 5.62. The molecule has 0 aromatic carbocycles. The van der Waals surface area contributed by atoms with Crippen LogP contribution >= 0.6 is 6.26 Å². The molecule has 1 amide bonds. The van der Waals surface area contributed by atoms with Crippen LogP contribution in [0.3, 0.4) is 0 Å². The predicted octanol–water partition coefficient (Wildman–Crippen LogP) is 2.10. The number of amides is 1. The number of carbonyl (C=O) groups excluding carboxylic acids is 2. The lowest BCUT2D eigenvalue weighted by Crippen LogP contribution is -2.42. The number of hydrogen-bond donors (Lipinski definition) is 1. The molecule has 7 heteroatoms. The van der Waals surface area contributed by atoms with Crippen molar-refractivity contribution < 1.29 is 18.8 Å². The fourth-order valence-corrected chi connectivity index (χ4v) is 1.65. The van der Waals surface area contributed by atoms with Gasteiger partial charge >= 0.3 is 12.1 Å². The molecule has 0 saturated carbocycles. The SMILES string of the molecule is C[C@H](NC(=O)OC(C)(C)C)C(=O)OP(C)(C)=S. The molecular weight excluding hydrogens is 261 g/mol. The third kappa shape index (κ3) is 9.12. The molecule has 0 rings (SSSR count). The highest BCUT2D eigenvalue weighted by molar-refractivity contribution is 8.11. The van der Waals surface area contributed by atoms with Gasteiger partial charge in [0.1, 0.15) is 17.9 Å². The maximum Gasteiger partial charge on any atom is 0.408 e. The largest absolute Gasteiger partial charge is 0.444 e. The molecule has 0 aromatic heterocycles. The molecule has 0 fully saturated rings. The Morgan fingerprint density at radius 3 is 2.12 bits per heavy atom. The Morgan fingerprint density at radius 1 is 1.29 bits per heavy atom. The van der Waals surface area contributed by atoms with Crippen LogP contribution in [-0.4, -0.2) is 37.0 Å². The standard InChI is InChI=1S/C10H20NO4PS/c1-7(8(12)15-16(5,6)17)11-9(13)14-10(2,3)4/h7H,1-6H3,(H,11,13)/t7-/m0/s1. The summed E-state index contributed by atoms with van der Waals surface area (Å²) in [5.41, 5.74) is -0.599. The molecule has 1 N–H and O–H groups in total. The van der Waals surface area contributed by atoms with Crippen molar-refractivity contribution in [1.82, 2.24) is 5.32 Å². The minimum atomic E-state index is -2.07. The summed E-state index contributed by atoms with van der Waals surface area (Å²) < 4.78 is 10.1. The van der Waals surface area contributed by atoms with Crippen molar-refractivity contribution in [1.29, 1.82) is 0 Å². The van der Waals surface area contributed by atoms with E-state index in [-0.39, 0.29) is 0 Å². The minimum absolute atomic E-state index is 0.538. The van der Waals surface area contributed by atoms with Gasteiger partial charge in [-0.3, -0.25) is 0 Å². The van der Waals surface area contributed by atoms with Crippen LogP contribution in [0.5, 0.6) is 0 Å². The second kappa shape index (κ2) is 5.83. The Bertz CT molecular complexity index is 345. The third-order valence-corrected chi connectivity index (χ3v) is 2.24. The zero-order valence-corrected chi connectivity index (χ0v) is 12.8. The van der Waals surface area contributed by atoms with E-state index >= 15 is 0 Å². The van der Waals surface area contributed by atoms with Gasteiger partial charge in [-0.15, -0.1) is 0 Å². The molecular formula is C10H20NO4PS. The van der Waals surface area contributed by atoms with Crippen molar-refractivity contribution in [3.8, 4) is 0 Å². The van der Waals surface area contributed by atoms with E-state index in [2.05, 4.69) is 5.32 Å². The van der Waals surface area contributed by atoms with Crippen LogP contribution in [0.2, 0.25) is 0 Å². The van der Waals surface area contributed by atoms with Gasteiger partial charge in [-0.1, -0.05) is 11.8 Å². The smallest absolute Gasteiger partial charge is 0.408 e. The van der Waals surface area contributed by atoms with Crippen LogP contribution in [0, 0.1) is 0 Å². The maximum atomic E-state index is 11.5. The summed E-state index contributed by atoms with van der Waals surface area (Å²) in [7, 11) is 0. The van der Waals surface area contributed by atoms with Crippen LogP contribution in [0.1, 0.15) is 27.7 Å². The first-order valence-electron chi connectivity index (χ1n) is 5.18. The number of nitrogens with one attached hydrogen (secondary N) is 1. The Labute approximate surface area is 107 Å². The molecule has 0 saturated heterocycles. The summed E-state index contributed by atoms with van der Waals surface area (Å²) in [6, 6.07) is -0.771. The zero-order chi connectivity index (χ0) is 13.9. The number of alkyl carbamates (subject to hydrolysis) is 1. The van der Waals surface area contributed by atoms with Gasteiger partial charge < -0.3 is 14.6 Å². The topological polar surface area (TPSA) is 64.6 Å². The number of ether oxygens (including phenoxy) is 1. The molecule has 0 unspecified atom stereocenters. The molecule has 0 radical (unpaired) electrons. The third-order valence-electron chi connectivity index (χ3n) is 1.40. The number of carbonyl (C=O) groups is 2. The van der Waals surface area contributed by atoms with Crippen molar-refractivity contribution in [2.24, 2.45) is 0 Å². The van der Waals surface area contributed by atoms with E-state index in [4.69, 9.17) is 21.1 Å². The minimum Gasteiger partial charge on any atom is -0.444 e. The lowest BCUT2D eigenvalue weighted by atomic mass is 10.2. The second-order valence-electron chi connectivity index (χ2n) is 5.03. The van der Waals surface area contributed by atoms with Gasteiger partial charge in [0, 0.05) is 0 Å². The van der Waals surface area contributed by atoms with Crippen LogP contribution in [0.25, 0.3) is 0 Å². The van der Waals surface area contributed by atoms with Gasteiger partial charge in [-0.25, -0.2) is 9.59 Å². The molecule has 0 spiro atoms. The summed E-state index contributed by atoms with van der Waals surface area (Å²) in [4.78, 5) is 22.9. The van der Waals surface area contributed by atoms with Crippen LogP contribution in [0.4, 0.5) is 4.79 Å². The first-order chi connectivity index (χ1) is 7.41. The van der Waals surface area contributed by atoms with Crippen molar-refractivity contribution >= 4 is 30.1 Å². The Hall–Kier alpha value is -0.610. The van der Waals surface area contributed by atoms with E-state index in [9.17, 15) is 9.59 Å². The van der Waals surface area contributed by atoms with Crippen molar-refractivity contribution in [3.05, 3.63) is 0 Å². The van der Waals surface area contributed by atoms with Gasteiger partial charge in [-0.05, 0) is 41.0 Å². The fraction of sp³-hybridized carbons (Fsp3) is 0.800. The van der Waals surface area contributed by atoms with E-state index in [1.54, 1.807) is 34.1 Å². The first kappa shape index (κ1) is 16.4. The normalized spacial score (nSPS) is 13.8. The molecule has 0 aliphatic carbocycles. The van der Waals surface area contributed by atoms with Crippen molar-refractivity contribution in [2.75, 3.05) is 13.3 Å². The summed E-state index contributed by atoms with van der Waals surface area (Å²) >= 11 is 5.01. The summed E-state index contributed by atoms with van der Waals surface area (Å²) in [5.74, 6) is -0.538. The maximum absolute atomic E-state index is 11.5. The monoisotopic (exact) mass is 281 g/mol. The van der Waals surface area contributed by atoms with E-state index in [1.165, 1.54) is 6.92 Å². The summed E-state index contributed by atoms with van der Waals surface area (Å²) in [5, 5.41) is 2.39. The summed E-state index contributed by atoms with van der Waals surface area (Å²) in [6.45, 7) is 10.1. The molecule has 0 aromatic rings. The molecule has 1 atom stereocenters. The zero-order valence-electron chi connectivity index (χ0n) is 11.1. The highest BCUT2D eigenvalue weighted by atomic mass is 32.4. The molecule has 0 aliphatic heterocycles. The Balaban J connectivity index is 4.27. The predicted molar refractivity (Wildman–Crippen MR) is 71.1 cm³/mol. The highest BCUT2D eigenvalue weighted by Crippen LogP contribution is 2.38. The van der Waals surface area contributed by atoms with Crippen LogP contribution in [0.15, 0.2) is 0 Å². The second-order valence-corrected chi connectivity index (χ2v) is 10.4. The summed E-state index contributed by atoms with van der Waals surface area (Å²) in [6.07, 6.45) is -2.72. The van der Waals surface area contributed by atoms with Crippen LogP contribution < -0.4 is 5.32 Å². The van der Waals surface area contributed by atoms with Crippen molar-refractivity contribution in [2.45, 2.75) is 39.3 Å². The van der Waals surface area contributed by atoms with Gasteiger partial charge in [0.15, 0.2) is 0 Å². The van der Waals surface area contributed by atoms with Crippen molar-refractivity contribution in [3.63, 3.8) is 0 Å². The number of hydrogen-bond acceptors (Lipinski definition) is 5. The molecule has 5 nitrogen and oxygen atoms in total.